The molecule has 21 heavy (non-hydrogen) atoms. The van der Waals surface area contributed by atoms with Crippen molar-refractivity contribution in [3.05, 3.63) is 28.7 Å². The predicted molar refractivity (Wildman–Crippen MR) is 71.6 cm³/mol. The molecule has 0 saturated heterocycles. The van der Waals surface area contributed by atoms with Gasteiger partial charge in [-0.3, -0.25) is 19.4 Å². The Kier molecular flexibility index (Phi) is 3.18. The molecule has 0 saturated carbocycles. The summed E-state index contributed by atoms with van der Waals surface area (Å²) in [6.45, 7) is 1.04. The lowest BCUT2D eigenvalue weighted by Crippen LogP contribution is -2.17. The summed E-state index contributed by atoms with van der Waals surface area (Å²) in [6, 6.07) is 1.30. The minimum atomic E-state index is -0.698. The van der Waals surface area contributed by atoms with Crippen molar-refractivity contribution in [2.75, 3.05) is 11.9 Å². The first-order valence-electron chi connectivity index (χ1n) is 6.35. The number of aromatic amines is 1. The number of nitrogens with two attached hydrogens (primary N) is 1. The van der Waals surface area contributed by atoms with E-state index in [2.05, 4.69) is 20.6 Å². The van der Waals surface area contributed by atoms with Crippen LogP contribution < -0.4 is 11.1 Å². The number of ether oxygens (including phenoxy) is 1. The van der Waals surface area contributed by atoms with Crippen molar-refractivity contribution in [1.82, 2.24) is 20.0 Å². The van der Waals surface area contributed by atoms with Crippen molar-refractivity contribution < 1.29 is 14.3 Å². The van der Waals surface area contributed by atoms with Crippen LogP contribution in [0.15, 0.2) is 6.07 Å². The maximum absolute atomic E-state index is 12.2. The summed E-state index contributed by atoms with van der Waals surface area (Å²) >= 11 is 0. The van der Waals surface area contributed by atoms with E-state index in [-0.39, 0.29) is 11.4 Å². The molecule has 0 unspecified atom stereocenters. The summed E-state index contributed by atoms with van der Waals surface area (Å²) in [4.78, 5) is 23.1. The Balaban J connectivity index is 1.84. The first kappa shape index (κ1) is 13.3. The normalized spacial score (nSPS) is 13.8. The molecular weight excluding hydrogens is 276 g/mol. The number of rotatable bonds is 3. The number of carbonyl (C=O) groups excluding carboxylic acids is 2. The molecule has 3 rings (SSSR count). The maximum Gasteiger partial charge on any atom is 0.274 e. The number of nitrogens with zero attached hydrogens (tertiary/aromatic N) is 3. The molecule has 0 bridgehead atoms. The number of hydrogen-bond donors (Lipinski definition) is 3. The monoisotopic (exact) mass is 290 g/mol. The molecule has 0 fully saturated rings. The van der Waals surface area contributed by atoms with Gasteiger partial charge in [0.15, 0.2) is 5.69 Å². The van der Waals surface area contributed by atoms with Gasteiger partial charge >= 0.3 is 0 Å². The Morgan fingerprint density at radius 3 is 3.05 bits per heavy atom. The van der Waals surface area contributed by atoms with E-state index in [0.29, 0.717) is 19.0 Å². The number of nitrogens with one attached hydrogen (secondary N) is 2. The molecule has 9 heteroatoms. The smallest absolute Gasteiger partial charge is 0.274 e. The van der Waals surface area contributed by atoms with E-state index >= 15 is 0 Å². The SMILES string of the molecule is Cn1nc2c(c1NC(=O)c1cc(C(N)=O)n[nH]1)COCC2. The maximum atomic E-state index is 12.2. The second-order valence-electron chi connectivity index (χ2n) is 4.69. The molecular formula is C12H14N6O3. The van der Waals surface area contributed by atoms with Crippen molar-refractivity contribution in [2.45, 2.75) is 13.0 Å². The van der Waals surface area contributed by atoms with Crippen LogP contribution in [-0.2, 0) is 24.8 Å². The van der Waals surface area contributed by atoms with E-state index in [1.165, 1.54) is 6.07 Å². The van der Waals surface area contributed by atoms with Gasteiger partial charge in [0.25, 0.3) is 11.8 Å². The zero-order valence-corrected chi connectivity index (χ0v) is 11.3. The van der Waals surface area contributed by atoms with Crippen molar-refractivity contribution >= 4 is 17.6 Å². The number of anilines is 1. The van der Waals surface area contributed by atoms with Crippen molar-refractivity contribution in [3.8, 4) is 0 Å². The van der Waals surface area contributed by atoms with Gasteiger partial charge in [-0.15, -0.1) is 0 Å². The number of carbonyl (C=O) groups is 2. The second kappa shape index (κ2) is 5.02. The van der Waals surface area contributed by atoms with Gasteiger partial charge in [-0.05, 0) is 0 Å². The summed E-state index contributed by atoms with van der Waals surface area (Å²) in [6.07, 6.45) is 0.717. The third-order valence-corrected chi connectivity index (χ3v) is 3.26. The van der Waals surface area contributed by atoms with Crippen LogP contribution in [0.1, 0.15) is 32.2 Å². The molecule has 3 heterocycles. The number of primary amides is 1. The fourth-order valence-corrected chi connectivity index (χ4v) is 2.21. The van der Waals surface area contributed by atoms with E-state index in [4.69, 9.17) is 10.5 Å². The molecule has 0 atom stereocenters. The summed E-state index contributed by atoms with van der Waals surface area (Å²) < 4.78 is 6.99. The van der Waals surface area contributed by atoms with E-state index in [1.54, 1.807) is 11.7 Å². The van der Waals surface area contributed by atoms with Gasteiger partial charge in [-0.2, -0.15) is 10.2 Å². The molecule has 1 aliphatic rings. The molecule has 2 aromatic heterocycles. The average Bonchev–Trinajstić information content (AvgIpc) is 3.05. The van der Waals surface area contributed by atoms with Gasteiger partial charge in [0.1, 0.15) is 11.5 Å². The van der Waals surface area contributed by atoms with Gasteiger partial charge in [0.05, 0.1) is 18.9 Å². The standard InChI is InChI=1S/C12H14N6O3/c1-18-11(6-5-21-3-2-7(6)17-18)14-12(20)9-4-8(10(13)19)15-16-9/h4H,2-3,5H2,1H3,(H2,13,19)(H,14,20)(H,15,16). The number of fused-ring (bicyclic) bond motifs is 1. The van der Waals surface area contributed by atoms with Crippen LogP contribution >= 0.6 is 0 Å². The second-order valence-corrected chi connectivity index (χ2v) is 4.69. The molecule has 4 N–H and O–H groups in total. The quantitative estimate of drug-likeness (QED) is 0.706. The molecule has 0 aliphatic carbocycles. The Labute approximate surface area is 119 Å². The summed E-state index contributed by atoms with van der Waals surface area (Å²) in [5, 5.41) is 13.2. The fraction of sp³-hybridized carbons (Fsp3) is 0.333. The number of hydrogen-bond acceptors (Lipinski definition) is 5. The highest BCUT2D eigenvalue weighted by atomic mass is 16.5. The van der Waals surface area contributed by atoms with Crippen molar-refractivity contribution in [2.24, 2.45) is 12.8 Å². The molecule has 1 aliphatic heterocycles. The molecule has 9 nitrogen and oxygen atoms in total. The highest BCUT2D eigenvalue weighted by Crippen LogP contribution is 2.24. The van der Waals surface area contributed by atoms with E-state index in [1.807, 2.05) is 0 Å². The zero-order valence-electron chi connectivity index (χ0n) is 11.3. The van der Waals surface area contributed by atoms with Crippen LogP contribution in [0.3, 0.4) is 0 Å². The molecule has 0 spiro atoms. The molecule has 0 radical (unpaired) electrons. The fourth-order valence-electron chi connectivity index (χ4n) is 2.21. The minimum absolute atomic E-state index is 0.00974. The van der Waals surface area contributed by atoms with Crippen LogP contribution in [-0.4, -0.2) is 38.4 Å². The molecule has 110 valence electrons. The van der Waals surface area contributed by atoms with Gasteiger partial charge in [0, 0.05) is 25.1 Å². The minimum Gasteiger partial charge on any atom is -0.376 e. The van der Waals surface area contributed by atoms with E-state index in [9.17, 15) is 9.59 Å². The van der Waals surface area contributed by atoms with Crippen LogP contribution in [0, 0.1) is 0 Å². The van der Waals surface area contributed by atoms with Gasteiger partial charge in [0.2, 0.25) is 0 Å². The highest BCUT2D eigenvalue weighted by molar-refractivity contribution is 6.04. The molecule has 2 amide bonds. The summed E-state index contributed by atoms with van der Waals surface area (Å²) in [7, 11) is 1.75. The number of aryl methyl sites for hydroxylation is 1. The molecule has 2 aromatic rings. The number of amides is 2. The third kappa shape index (κ3) is 2.38. The van der Waals surface area contributed by atoms with Gasteiger partial charge < -0.3 is 15.8 Å². The topological polar surface area (TPSA) is 128 Å². The van der Waals surface area contributed by atoms with E-state index in [0.717, 1.165) is 17.7 Å². The largest absolute Gasteiger partial charge is 0.376 e. The average molecular weight is 290 g/mol. The zero-order chi connectivity index (χ0) is 15.0. The van der Waals surface area contributed by atoms with Crippen molar-refractivity contribution in [1.29, 1.82) is 0 Å². The summed E-state index contributed by atoms with van der Waals surface area (Å²) in [5.41, 5.74) is 7.04. The number of aromatic nitrogens is 4. The lowest BCUT2D eigenvalue weighted by atomic mass is 10.1. The Hall–Kier alpha value is -2.68. The van der Waals surface area contributed by atoms with Crippen LogP contribution in [0.4, 0.5) is 5.82 Å². The lowest BCUT2D eigenvalue weighted by molar-refractivity contribution is 0.0993. The van der Waals surface area contributed by atoms with Crippen LogP contribution in [0.5, 0.6) is 0 Å². The predicted octanol–water partition coefficient (Wildman–Crippen LogP) is -0.433. The first-order valence-corrected chi connectivity index (χ1v) is 6.35. The van der Waals surface area contributed by atoms with Gasteiger partial charge in [-0.25, -0.2) is 0 Å². The lowest BCUT2D eigenvalue weighted by Gasteiger charge is -2.12. The number of H-pyrrole nitrogens is 1. The van der Waals surface area contributed by atoms with E-state index < -0.39 is 11.8 Å². The highest BCUT2D eigenvalue weighted by Gasteiger charge is 2.22. The molecule has 0 aromatic carbocycles. The Morgan fingerprint density at radius 1 is 1.52 bits per heavy atom. The summed E-state index contributed by atoms with van der Waals surface area (Å²) in [5.74, 6) is -0.548. The van der Waals surface area contributed by atoms with Gasteiger partial charge in [-0.1, -0.05) is 0 Å². The van der Waals surface area contributed by atoms with Crippen LogP contribution in [0.2, 0.25) is 0 Å². The van der Waals surface area contributed by atoms with Crippen LogP contribution in [0.25, 0.3) is 0 Å². The Bertz CT molecular complexity index is 717. The van der Waals surface area contributed by atoms with Crippen molar-refractivity contribution in [3.63, 3.8) is 0 Å². The Morgan fingerprint density at radius 2 is 2.33 bits per heavy atom. The third-order valence-electron chi connectivity index (χ3n) is 3.26. The first-order chi connectivity index (χ1) is 10.1.